The number of hydrogen-bond donors (Lipinski definition) is 1. The van der Waals surface area contributed by atoms with Gasteiger partial charge in [-0.2, -0.15) is 0 Å². The van der Waals surface area contributed by atoms with Gasteiger partial charge in [0, 0.05) is 17.4 Å². The minimum atomic E-state index is -0.549. The van der Waals surface area contributed by atoms with Crippen molar-refractivity contribution in [1.82, 2.24) is 14.5 Å². The molecule has 0 aliphatic heterocycles. The molecule has 2 aromatic heterocycles. The van der Waals surface area contributed by atoms with Crippen LogP contribution >= 0.6 is 11.8 Å². The summed E-state index contributed by atoms with van der Waals surface area (Å²) in [7, 11) is 0. The van der Waals surface area contributed by atoms with Crippen molar-refractivity contribution in [2.75, 3.05) is 12.4 Å². The van der Waals surface area contributed by atoms with E-state index in [1.807, 2.05) is 24.3 Å². The van der Waals surface area contributed by atoms with Gasteiger partial charge in [-0.15, -0.1) is 6.58 Å². The van der Waals surface area contributed by atoms with Crippen LogP contribution in [0.4, 0.5) is 0 Å². The minimum Gasteiger partial charge on any atom is -0.466 e. The summed E-state index contributed by atoms with van der Waals surface area (Å²) < 4.78 is 6.25. The molecule has 0 spiro atoms. The SMILES string of the molecule is C=CCn1c(SCC(=O)CC(=O)OCC)nc2c([nH]c3ccccc32)c1=O. The number of fused-ring (bicyclic) bond motifs is 3. The number of allylic oxidation sites excluding steroid dienone is 1. The fraction of sp³-hybridized carbons (Fsp3) is 0.263. The highest BCUT2D eigenvalue weighted by Crippen LogP contribution is 2.24. The Morgan fingerprint density at radius 1 is 1.37 bits per heavy atom. The lowest BCUT2D eigenvalue weighted by molar-refractivity contribution is -0.145. The molecule has 1 N–H and O–H groups in total. The zero-order valence-corrected chi connectivity index (χ0v) is 15.7. The van der Waals surface area contributed by atoms with E-state index in [1.54, 1.807) is 13.0 Å². The number of ketones is 1. The average molecular weight is 385 g/mol. The molecule has 3 aromatic rings. The maximum atomic E-state index is 12.9. The van der Waals surface area contributed by atoms with Gasteiger partial charge in [-0.05, 0) is 13.0 Å². The summed E-state index contributed by atoms with van der Waals surface area (Å²) in [5, 5.41) is 1.25. The first-order valence-corrected chi connectivity index (χ1v) is 9.46. The Bertz CT molecular complexity index is 1080. The summed E-state index contributed by atoms with van der Waals surface area (Å²) >= 11 is 1.13. The molecule has 0 aliphatic carbocycles. The molecule has 0 radical (unpaired) electrons. The molecule has 1 aromatic carbocycles. The normalized spacial score (nSPS) is 11.0. The molecule has 8 heteroatoms. The third-order valence-corrected chi connectivity index (χ3v) is 4.93. The van der Waals surface area contributed by atoms with Crippen molar-refractivity contribution in [2.45, 2.75) is 25.0 Å². The van der Waals surface area contributed by atoms with Gasteiger partial charge in [0.15, 0.2) is 10.9 Å². The van der Waals surface area contributed by atoms with Crippen LogP contribution in [0, 0.1) is 0 Å². The second kappa shape index (κ2) is 8.22. The van der Waals surface area contributed by atoms with Crippen LogP contribution in [0.25, 0.3) is 21.9 Å². The standard InChI is InChI=1S/C19H19N3O4S/c1-3-9-22-18(25)17-16(13-7-5-6-8-14(13)20-17)21-19(22)27-11-12(23)10-15(24)26-4-2/h3,5-8,20H,1,4,9-11H2,2H3. The van der Waals surface area contributed by atoms with Crippen LogP contribution in [0.2, 0.25) is 0 Å². The summed E-state index contributed by atoms with van der Waals surface area (Å²) in [6.45, 7) is 5.87. The molecule has 2 heterocycles. The van der Waals surface area contributed by atoms with Crippen LogP contribution in [0.1, 0.15) is 13.3 Å². The van der Waals surface area contributed by atoms with E-state index in [-0.39, 0.29) is 36.7 Å². The van der Waals surface area contributed by atoms with Crippen LogP contribution in [-0.4, -0.2) is 38.6 Å². The van der Waals surface area contributed by atoms with Crippen LogP contribution < -0.4 is 5.56 Å². The molecule has 7 nitrogen and oxygen atoms in total. The molecule has 0 amide bonds. The highest BCUT2D eigenvalue weighted by atomic mass is 32.2. The van der Waals surface area contributed by atoms with Gasteiger partial charge in [0.25, 0.3) is 5.56 Å². The van der Waals surface area contributed by atoms with Gasteiger partial charge in [0.2, 0.25) is 0 Å². The molecule has 27 heavy (non-hydrogen) atoms. The first-order chi connectivity index (χ1) is 13.0. The lowest BCUT2D eigenvalue weighted by Gasteiger charge is -2.09. The molecule has 0 aliphatic rings. The smallest absolute Gasteiger partial charge is 0.313 e. The van der Waals surface area contributed by atoms with E-state index in [0.29, 0.717) is 16.2 Å². The number of H-pyrrole nitrogens is 1. The maximum Gasteiger partial charge on any atom is 0.313 e. The van der Waals surface area contributed by atoms with Crippen molar-refractivity contribution in [3.63, 3.8) is 0 Å². The van der Waals surface area contributed by atoms with Gasteiger partial charge in [-0.25, -0.2) is 4.98 Å². The van der Waals surface area contributed by atoms with Gasteiger partial charge in [0.05, 0.1) is 12.4 Å². The number of para-hydroxylation sites is 1. The Labute approximate surface area is 159 Å². The van der Waals surface area contributed by atoms with E-state index in [0.717, 1.165) is 22.7 Å². The van der Waals surface area contributed by atoms with Crippen molar-refractivity contribution >= 4 is 45.5 Å². The predicted molar refractivity (Wildman–Crippen MR) is 105 cm³/mol. The Morgan fingerprint density at radius 3 is 2.89 bits per heavy atom. The third kappa shape index (κ3) is 3.95. The second-order valence-corrected chi connectivity index (χ2v) is 6.74. The number of rotatable bonds is 8. The van der Waals surface area contributed by atoms with Crippen LogP contribution in [0.5, 0.6) is 0 Å². The van der Waals surface area contributed by atoms with Crippen molar-refractivity contribution in [3.8, 4) is 0 Å². The largest absolute Gasteiger partial charge is 0.466 e. The third-order valence-electron chi connectivity index (χ3n) is 3.90. The summed E-state index contributed by atoms with van der Waals surface area (Å²) in [4.78, 5) is 44.1. The summed E-state index contributed by atoms with van der Waals surface area (Å²) in [6, 6.07) is 7.52. The van der Waals surface area contributed by atoms with Crippen molar-refractivity contribution in [2.24, 2.45) is 0 Å². The number of esters is 1. The Balaban J connectivity index is 1.95. The molecule has 3 rings (SSSR count). The Hall–Kier alpha value is -2.87. The number of thioether (sulfide) groups is 1. The fourth-order valence-electron chi connectivity index (χ4n) is 2.75. The molecule has 0 atom stereocenters. The minimum absolute atomic E-state index is 0.0241. The summed E-state index contributed by atoms with van der Waals surface area (Å²) in [5.74, 6) is -0.806. The average Bonchev–Trinajstić information content (AvgIpc) is 3.02. The van der Waals surface area contributed by atoms with Crippen LogP contribution in [-0.2, 0) is 20.9 Å². The predicted octanol–water partition coefficient (Wildman–Crippen LogP) is 2.68. The van der Waals surface area contributed by atoms with Gasteiger partial charge >= 0.3 is 5.97 Å². The van der Waals surface area contributed by atoms with E-state index in [4.69, 9.17) is 4.74 Å². The van der Waals surface area contributed by atoms with E-state index in [1.165, 1.54) is 4.57 Å². The van der Waals surface area contributed by atoms with Crippen molar-refractivity contribution in [1.29, 1.82) is 0 Å². The molecule has 0 bridgehead atoms. The lowest BCUT2D eigenvalue weighted by Crippen LogP contribution is -2.23. The number of nitrogens with zero attached hydrogens (tertiary/aromatic N) is 2. The lowest BCUT2D eigenvalue weighted by atomic mass is 10.2. The fourth-order valence-corrected chi connectivity index (χ4v) is 3.61. The van der Waals surface area contributed by atoms with E-state index in [9.17, 15) is 14.4 Å². The van der Waals surface area contributed by atoms with E-state index >= 15 is 0 Å². The molecule has 0 saturated heterocycles. The van der Waals surface area contributed by atoms with Crippen molar-refractivity contribution in [3.05, 3.63) is 47.3 Å². The Kier molecular flexibility index (Phi) is 5.75. The number of hydrogen-bond acceptors (Lipinski definition) is 6. The number of benzene rings is 1. The number of Topliss-reactive ketones (excluding diaryl/α,β-unsaturated/α-hetero) is 1. The Morgan fingerprint density at radius 2 is 2.15 bits per heavy atom. The molecule has 0 fully saturated rings. The quantitative estimate of drug-likeness (QED) is 0.211. The van der Waals surface area contributed by atoms with E-state index < -0.39 is 5.97 Å². The summed E-state index contributed by atoms with van der Waals surface area (Å²) in [6.07, 6.45) is 1.31. The number of carbonyl (C=O) groups excluding carboxylic acids is 2. The van der Waals surface area contributed by atoms with Crippen LogP contribution in [0.15, 0.2) is 46.9 Å². The molecular weight excluding hydrogens is 366 g/mol. The maximum absolute atomic E-state index is 12.9. The number of ether oxygens (including phenoxy) is 1. The summed E-state index contributed by atoms with van der Waals surface area (Å²) in [5.41, 5.74) is 1.58. The van der Waals surface area contributed by atoms with Crippen LogP contribution in [0.3, 0.4) is 0 Å². The highest BCUT2D eigenvalue weighted by Gasteiger charge is 2.17. The first-order valence-electron chi connectivity index (χ1n) is 8.47. The number of aromatic amines is 1. The molecule has 0 saturated carbocycles. The topological polar surface area (TPSA) is 94.0 Å². The zero-order valence-electron chi connectivity index (χ0n) is 14.9. The molecule has 0 unspecified atom stereocenters. The molecule has 140 valence electrons. The molecular formula is C19H19N3O4S. The van der Waals surface area contributed by atoms with Gasteiger partial charge in [-0.1, -0.05) is 36.0 Å². The monoisotopic (exact) mass is 385 g/mol. The zero-order chi connectivity index (χ0) is 19.4. The van der Waals surface area contributed by atoms with Gasteiger partial charge in [-0.3, -0.25) is 19.0 Å². The number of aromatic nitrogens is 3. The van der Waals surface area contributed by atoms with E-state index in [2.05, 4.69) is 16.5 Å². The highest BCUT2D eigenvalue weighted by molar-refractivity contribution is 7.99. The number of carbonyl (C=O) groups is 2. The second-order valence-electron chi connectivity index (χ2n) is 5.80. The first kappa shape index (κ1) is 18.9. The van der Waals surface area contributed by atoms with Gasteiger partial charge in [0.1, 0.15) is 17.5 Å². The van der Waals surface area contributed by atoms with Crippen molar-refractivity contribution < 1.29 is 14.3 Å². The van der Waals surface area contributed by atoms with Gasteiger partial charge < -0.3 is 9.72 Å². The number of nitrogens with one attached hydrogen (secondary N) is 1.